The fourth-order valence-electron chi connectivity index (χ4n) is 1.48. The molecule has 2 rings (SSSR count). The van der Waals surface area contributed by atoms with Gasteiger partial charge in [-0.25, -0.2) is 4.98 Å². The number of fused-ring (bicyclic) bond motifs is 1. The summed E-state index contributed by atoms with van der Waals surface area (Å²) in [4.78, 5) is 4.07. The van der Waals surface area contributed by atoms with E-state index in [0.717, 1.165) is 12.1 Å². The molecule has 2 aromatic rings. The maximum Gasteiger partial charge on any atom is 0.201 e. The summed E-state index contributed by atoms with van der Waals surface area (Å²) in [5.41, 5.74) is 7.12. The highest BCUT2D eigenvalue weighted by atomic mass is 16.3. The molecule has 0 fully saturated rings. The molecule has 3 N–H and O–H groups in total. The second kappa shape index (κ2) is 2.65. The third kappa shape index (κ3) is 1.02. The van der Waals surface area contributed by atoms with E-state index in [9.17, 15) is 5.11 Å². The molecule has 4 heteroatoms. The van der Waals surface area contributed by atoms with Crippen LogP contribution in [0.5, 0.6) is 5.75 Å². The van der Waals surface area contributed by atoms with Crippen molar-refractivity contribution in [3.8, 4) is 5.75 Å². The largest absolute Gasteiger partial charge is 0.506 e. The van der Waals surface area contributed by atoms with Crippen molar-refractivity contribution in [3.05, 3.63) is 18.2 Å². The van der Waals surface area contributed by atoms with Crippen LogP contribution in [0, 0.1) is 0 Å². The maximum absolute atomic E-state index is 9.47. The molecule has 0 aliphatic heterocycles. The first-order valence-electron chi connectivity index (χ1n) is 4.17. The van der Waals surface area contributed by atoms with E-state index in [2.05, 4.69) is 4.98 Å². The number of anilines is 1. The molecule has 0 bridgehead atoms. The number of nitrogen functional groups attached to an aromatic ring is 1. The molecule has 0 amide bonds. The summed E-state index contributed by atoms with van der Waals surface area (Å²) in [6.07, 6.45) is 0. The molecule has 13 heavy (non-hydrogen) atoms. The van der Waals surface area contributed by atoms with Gasteiger partial charge in [-0.15, -0.1) is 0 Å². The van der Waals surface area contributed by atoms with E-state index in [1.165, 1.54) is 0 Å². The number of phenols is 1. The number of aromatic nitrogens is 2. The first kappa shape index (κ1) is 7.91. The SMILES string of the molecule is CCn1c(N)nc2c(O)cccc21. The summed E-state index contributed by atoms with van der Waals surface area (Å²) >= 11 is 0. The number of para-hydroxylation sites is 1. The summed E-state index contributed by atoms with van der Waals surface area (Å²) < 4.78 is 1.86. The molecule has 1 aromatic carbocycles. The van der Waals surface area contributed by atoms with Crippen LogP contribution in [-0.2, 0) is 6.54 Å². The van der Waals surface area contributed by atoms with E-state index in [0.29, 0.717) is 11.5 Å². The van der Waals surface area contributed by atoms with Crippen molar-refractivity contribution in [2.24, 2.45) is 0 Å². The van der Waals surface area contributed by atoms with E-state index in [1.54, 1.807) is 12.1 Å². The lowest BCUT2D eigenvalue weighted by atomic mass is 10.3. The molecular weight excluding hydrogens is 166 g/mol. The number of nitrogens with two attached hydrogens (primary N) is 1. The molecule has 4 nitrogen and oxygen atoms in total. The van der Waals surface area contributed by atoms with Crippen LogP contribution in [0.3, 0.4) is 0 Å². The molecule has 0 atom stereocenters. The number of hydrogen-bond acceptors (Lipinski definition) is 3. The molecule has 0 saturated heterocycles. The van der Waals surface area contributed by atoms with Crippen LogP contribution in [-0.4, -0.2) is 14.7 Å². The van der Waals surface area contributed by atoms with Crippen molar-refractivity contribution >= 4 is 17.0 Å². The number of phenolic OH excluding ortho intramolecular Hbond substituents is 1. The summed E-state index contributed by atoms with van der Waals surface area (Å²) in [5, 5.41) is 9.47. The van der Waals surface area contributed by atoms with Crippen LogP contribution in [0.4, 0.5) is 5.95 Å². The minimum Gasteiger partial charge on any atom is -0.506 e. The molecule has 0 radical (unpaired) electrons. The lowest BCUT2D eigenvalue weighted by Crippen LogP contribution is -2.00. The van der Waals surface area contributed by atoms with Gasteiger partial charge in [-0.3, -0.25) is 0 Å². The molecule has 0 spiro atoms. The van der Waals surface area contributed by atoms with Gasteiger partial charge in [0.2, 0.25) is 5.95 Å². The summed E-state index contributed by atoms with van der Waals surface area (Å²) in [5.74, 6) is 0.621. The van der Waals surface area contributed by atoms with Gasteiger partial charge in [-0.1, -0.05) is 6.07 Å². The smallest absolute Gasteiger partial charge is 0.201 e. The van der Waals surface area contributed by atoms with Crippen LogP contribution in [0.1, 0.15) is 6.92 Å². The second-order valence-corrected chi connectivity index (χ2v) is 2.86. The third-order valence-corrected chi connectivity index (χ3v) is 2.10. The zero-order chi connectivity index (χ0) is 9.42. The Labute approximate surface area is 75.6 Å². The Balaban J connectivity index is 2.86. The van der Waals surface area contributed by atoms with E-state index in [1.807, 2.05) is 17.6 Å². The van der Waals surface area contributed by atoms with E-state index in [-0.39, 0.29) is 5.75 Å². The first-order valence-corrected chi connectivity index (χ1v) is 4.17. The van der Waals surface area contributed by atoms with Gasteiger partial charge in [0.15, 0.2) is 0 Å². The van der Waals surface area contributed by atoms with Gasteiger partial charge in [0.1, 0.15) is 11.3 Å². The van der Waals surface area contributed by atoms with E-state index >= 15 is 0 Å². The Morgan fingerprint density at radius 3 is 3.00 bits per heavy atom. The molecular formula is C9H11N3O. The molecule has 68 valence electrons. The summed E-state index contributed by atoms with van der Waals surface area (Å²) in [6.45, 7) is 2.74. The minimum atomic E-state index is 0.177. The van der Waals surface area contributed by atoms with Gasteiger partial charge < -0.3 is 15.4 Å². The van der Waals surface area contributed by atoms with Crippen molar-refractivity contribution in [2.45, 2.75) is 13.5 Å². The van der Waals surface area contributed by atoms with Crippen LogP contribution < -0.4 is 5.73 Å². The predicted octanol–water partition coefficient (Wildman–Crippen LogP) is 1.34. The molecule has 0 unspecified atom stereocenters. The quantitative estimate of drug-likeness (QED) is 0.691. The third-order valence-electron chi connectivity index (χ3n) is 2.10. The Hall–Kier alpha value is -1.71. The van der Waals surface area contributed by atoms with Crippen LogP contribution in [0.2, 0.25) is 0 Å². The molecule has 1 aromatic heterocycles. The van der Waals surface area contributed by atoms with E-state index in [4.69, 9.17) is 5.73 Å². The zero-order valence-electron chi connectivity index (χ0n) is 7.36. The second-order valence-electron chi connectivity index (χ2n) is 2.86. The van der Waals surface area contributed by atoms with Gasteiger partial charge >= 0.3 is 0 Å². The average Bonchev–Trinajstić information content (AvgIpc) is 2.43. The van der Waals surface area contributed by atoms with Gasteiger partial charge in [-0.2, -0.15) is 0 Å². The van der Waals surface area contributed by atoms with Crippen molar-refractivity contribution in [1.29, 1.82) is 0 Å². The molecule has 0 aliphatic rings. The number of nitrogens with zero attached hydrogens (tertiary/aromatic N) is 2. The lowest BCUT2D eigenvalue weighted by Gasteiger charge is -2.00. The van der Waals surface area contributed by atoms with Crippen molar-refractivity contribution in [2.75, 3.05) is 5.73 Å². The van der Waals surface area contributed by atoms with Crippen LogP contribution in [0.15, 0.2) is 18.2 Å². The van der Waals surface area contributed by atoms with Gasteiger partial charge in [0.25, 0.3) is 0 Å². The number of imidazole rings is 1. The van der Waals surface area contributed by atoms with Crippen molar-refractivity contribution in [3.63, 3.8) is 0 Å². The zero-order valence-corrected chi connectivity index (χ0v) is 7.36. The summed E-state index contributed by atoms with van der Waals surface area (Å²) in [6, 6.07) is 5.28. The maximum atomic E-state index is 9.47. The number of hydrogen-bond donors (Lipinski definition) is 2. The Morgan fingerprint density at radius 1 is 1.54 bits per heavy atom. The molecule has 0 aliphatic carbocycles. The predicted molar refractivity (Wildman–Crippen MR) is 51.5 cm³/mol. The molecule has 1 heterocycles. The minimum absolute atomic E-state index is 0.177. The van der Waals surface area contributed by atoms with E-state index < -0.39 is 0 Å². The van der Waals surface area contributed by atoms with Gasteiger partial charge in [0, 0.05) is 6.54 Å². The molecule has 0 saturated carbocycles. The highest BCUT2D eigenvalue weighted by Gasteiger charge is 2.08. The Bertz CT molecular complexity index is 447. The standard InChI is InChI=1S/C9H11N3O/c1-2-12-6-4-3-5-7(13)8(6)11-9(12)10/h3-5,13H,2H2,1H3,(H2,10,11). The number of aromatic hydroxyl groups is 1. The monoisotopic (exact) mass is 177 g/mol. The number of aryl methyl sites for hydroxylation is 1. The summed E-state index contributed by atoms with van der Waals surface area (Å²) in [7, 11) is 0. The van der Waals surface area contributed by atoms with Crippen molar-refractivity contribution in [1.82, 2.24) is 9.55 Å². The topological polar surface area (TPSA) is 64.1 Å². The van der Waals surface area contributed by atoms with Crippen LogP contribution >= 0.6 is 0 Å². The van der Waals surface area contributed by atoms with Crippen LogP contribution in [0.25, 0.3) is 11.0 Å². The fraction of sp³-hybridized carbons (Fsp3) is 0.222. The highest BCUT2D eigenvalue weighted by Crippen LogP contribution is 2.25. The number of benzene rings is 1. The highest BCUT2D eigenvalue weighted by molar-refractivity contribution is 5.83. The Morgan fingerprint density at radius 2 is 2.31 bits per heavy atom. The van der Waals surface area contributed by atoms with Gasteiger partial charge in [0.05, 0.1) is 5.52 Å². The number of rotatable bonds is 1. The van der Waals surface area contributed by atoms with Gasteiger partial charge in [-0.05, 0) is 19.1 Å². The first-order chi connectivity index (χ1) is 6.24. The normalized spacial score (nSPS) is 10.8. The Kier molecular flexibility index (Phi) is 1.62. The lowest BCUT2D eigenvalue weighted by molar-refractivity contribution is 0.480. The average molecular weight is 177 g/mol. The fourth-order valence-corrected chi connectivity index (χ4v) is 1.48. The van der Waals surface area contributed by atoms with Crippen molar-refractivity contribution < 1.29 is 5.11 Å².